The standard InChI is InChI=1S/C15H24N2O2.ClH/c1-4-17(15(18)9-6-10-16)12(2)13-7-5-8-14(11-13)19-3;/h5,7-8,11-12H,4,6,9-10,16H2,1-3H3;1H. The van der Waals surface area contributed by atoms with Crippen molar-refractivity contribution in [2.75, 3.05) is 20.2 Å². The summed E-state index contributed by atoms with van der Waals surface area (Å²) in [6, 6.07) is 7.90. The molecule has 0 aliphatic rings. The number of nitrogens with two attached hydrogens (primary N) is 1. The first-order valence-corrected chi connectivity index (χ1v) is 6.77. The lowest BCUT2D eigenvalue weighted by Crippen LogP contribution is -2.33. The molecule has 5 heteroatoms. The molecule has 1 rings (SSSR count). The van der Waals surface area contributed by atoms with Crippen LogP contribution in [0.1, 0.15) is 38.3 Å². The van der Waals surface area contributed by atoms with Crippen LogP contribution in [0.5, 0.6) is 5.75 Å². The van der Waals surface area contributed by atoms with E-state index < -0.39 is 0 Å². The lowest BCUT2D eigenvalue weighted by Gasteiger charge is -2.28. The fourth-order valence-electron chi connectivity index (χ4n) is 2.14. The number of nitrogens with zero attached hydrogens (tertiary/aromatic N) is 1. The van der Waals surface area contributed by atoms with Gasteiger partial charge in [0.2, 0.25) is 5.91 Å². The molecule has 0 aliphatic heterocycles. The van der Waals surface area contributed by atoms with Crippen LogP contribution in [0.2, 0.25) is 0 Å². The van der Waals surface area contributed by atoms with Crippen LogP contribution < -0.4 is 10.5 Å². The van der Waals surface area contributed by atoms with E-state index >= 15 is 0 Å². The summed E-state index contributed by atoms with van der Waals surface area (Å²) in [5.74, 6) is 0.970. The molecule has 2 N–H and O–H groups in total. The van der Waals surface area contributed by atoms with Gasteiger partial charge in [-0.25, -0.2) is 0 Å². The van der Waals surface area contributed by atoms with Crippen LogP contribution in [-0.2, 0) is 4.79 Å². The van der Waals surface area contributed by atoms with Crippen molar-refractivity contribution in [2.24, 2.45) is 5.73 Å². The third kappa shape index (κ3) is 5.02. The minimum atomic E-state index is 0. The first-order valence-electron chi connectivity index (χ1n) is 6.77. The number of halogens is 1. The first-order chi connectivity index (χ1) is 9.13. The molecule has 0 heterocycles. The Morgan fingerprint density at radius 2 is 2.15 bits per heavy atom. The van der Waals surface area contributed by atoms with Crippen molar-refractivity contribution in [1.29, 1.82) is 0 Å². The Kier molecular flexibility index (Phi) is 9.01. The summed E-state index contributed by atoms with van der Waals surface area (Å²) in [6.07, 6.45) is 1.25. The smallest absolute Gasteiger partial charge is 0.223 e. The van der Waals surface area contributed by atoms with Crippen LogP contribution in [0.4, 0.5) is 0 Å². The summed E-state index contributed by atoms with van der Waals surface area (Å²) in [7, 11) is 1.65. The molecule has 0 bridgehead atoms. The van der Waals surface area contributed by atoms with Crippen LogP contribution in [0.3, 0.4) is 0 Å². The maximum atomic E-state index is 12.1. The van der Waals surface area contributed by atoms with Gasteiger partial charge in [0.1, 0.15) is 5.75 Å². The quantitative estimate of drug-likeness (QED) is 0.842. The monoisotopic (exact) mass is 300 g/mol. The molecule has 0 aromatic heterocycles. The Morgan fingerprint density at radius 3 is 2.70 bits per heavy atom. The average Bonchev–Trinajstić information content (AvgIpc) is 2.45. The van der Waals surface area contributed by atoms with Gasteiger partial charge in [-0.05, 0) is 44.5 Å². The van der Waals surface area contributed by atoms with Gasteiger partial charge in [-0.2, -0.15) is 0 Å². The molecule has 1 unspecified atom stereocenters. The Hall–Kier alpha value is -1.26. The zero-order valence-electron chi connectivity index (χ0n) is 12.5. The van der Waals surface area contributed by atoms with E-state index in [1.54, 1.807) is 7.11 Å². The molecule has 0 saturated heterocycles. The summed E-state index contributed by atoms with van der Waals surface area (Å²) in [4.78, 5) is 14.0. The number of benzene rings is 1. The Bertz CT molecular complexity index is 413. The van der Waals surface area contributed by atoms with Gasteiger partial charge in [-0.15, -0.1) is 12.4 Å². The molecule has 0 radical (unpaired) electrons. The van der Waals surface area contributed by atoms with Crippen LogP contribution in [0.15, 0.2) is 24.3 Å². The van der Waals surface area contributed by atoms with Crippen LogP contribution in [0.25, 0.3) is 0 Å². The second kappa shape index (κ2) is 9.61. The molecule has 114 valence electrons. The zero-order valence-corrected chi connectivity index (χ0v) is 13.3. The van der Waals surface area contributed by atoms with E-state index in [-0.39, 0.29) is 24.4 Å². The largest absolute Gasteiger partial charge is 0.497 e. The summed E-state index contributed by atoms with van der Waals surface area (Å²) in [6.45, 7) is 5.29. The molecular weight excluding hydrogens is 276 g/mol. The van der Waals surface area contributed by atoms with Crippen molar-refractivity contribution < 1.29 is 9.53 Å². The number of ether oxygens (including phenoxy) is 1. The minimum absolute atomic E-state index is 0. The van der Waals surface area contributed by atoms with E-state index in [4.69, 9.17) is 10.5 Å². The highest BCUT2D eigenvalue weighted by Crippen LogP contribution is 2.24. The van der Waals surface area contributed by atoms with Gasteiger partial charge in [-0.1, -0.05) is 12.1 Å². The maximum Gasteiger partial charge on any atom is 0.223 e. The van der Waals surface area contributed by atoms with E-state index in [0.717, 1.165) is 17.7 Å². The number of hydrogen-bond acceptors (Lipinski definition) is 3. The number of amides is 1. The molecule has 0 aliphatic carbocycles. The molecule has 1 aromatic rings. The molecule has 1 aromatic carbocycles. The van der Waals surface area contributed by atoms with Crippen LogP contribution in [0, 0.1) is 0 Å². The van der Waals surface area contributed by atoms with E-state index in [1.807, 2.05) is 43.0 Å². The summed E-state index contributed by atoms with van der Waals surface area (Å²) in [5, 5.41) is 0. The average molecular weight is 301 g/mol. The van der Waals surface area contributed by atoms with Gasteiger partial charge in [0.05, 0.1) is 13.2 Å². The zero-order chi connectivity index (χ0) is 14.3. The second-order valence-corrected chi connectivity index (χ2v) is 4.52. The van der Waals surface area contributed by atoms with Gasteiger partial charge in [-0.3, -0.25) is 4.79 Å². The Balaban J connectivity index is 0.00000361. The van der Waals surface area contributed by atoms with E-state index in [0.29, 0.717) is 19.5 Å². The number of methoxy groups -OCH3 is 1. The van der Waals surface area contributed by atoms with E-state index in [1.165, 1.54) is 0 Å². The number of carbonyl (C=O) groups is 1. The van der Waals surface area contributed by atoms with Crippen molar-refractivity contribution in [3.63, 3.8) is 0 Å². The van der Waals surface area contributed by atoms with Crippen molar-refractivity contribution in [3.05, 3.63) is 29.8 Å². The summed E-state index contributed by atoms with van der Waals surface area (Å²) >= 11 is 0. The number of rotatable bonds is 7. The molecule has 4 nitrogen and oxygen atoms in total. The highest BCUT2D eigenvalue weighted by Gasteiger charge is 2.19. The maximum absolute atomic E-state index is 12.1. The summed E-state index contributed by atoms with van der Waals surface area (Å²) in [5.41, 5.74) is 6.54. The van der Waals surface area contributed by atoms with E-state index in [2.05, 4.69) is 0 Å². The Morgan fingerprint density at radius 1 is 1.45 bits per heavy atom. The molecule has 1 atom stereocenters. The SMILES string of the molecule is CCN(C(=O)CCCN)C(C)c1cccc(OC)c1.Cl. The molecular formula is C15H25ClN2O2. The predicted molar refractivity (Wildman–Crippen MR) is 84.3 cm³/mol. The highest BCUT2D eigenvalue weighted by atomic mass is 35.5. The normalized spacial score (nSPS) is 11.4. The van der Waals surface area contributed by atoms with Crippen molar-refractivity contribution in [2.45, 2.75) is 32.7 Å². The molecule has 20 heavy (non-hydrogen) atoms. The van der Waals surface area contributed by atoms with Crippen molar-refractivity contribution >= 4 is 18.3 Å². The number of carbonyl (C=O) groups excluding carboxylic acids is 1. The highest BCUT2D eigenvalue weighted by molar-refractivity contribution is 5.85. The van der Waals surface area contributed by atoms with Crippen LogP contribution in [-0.4, -0.2) is 31.0 Å². The van der Waals surface area contributed by atoms with Crippen molar-refractivity contribution in [3.8, 4) is 5.75 Å². The third-order valence-electron chi connectivity index (χ3n) is 3.30. The minimum Gasteiger partial charge on any atom is -0.497 e. The molecule has 0 saturated carbocycles. The third-order valence-corrected chi connectivity index (χ3v) is 3.30. The number of hydrogen-bond donors (Lipinski definition) is 1. The second-order valence-electron chi connectivity index (χ2n) is 4.52. The fraction of sp³-hybridized carbons (Fsp3) is 0.533. The van der Waals surface area contributed by atoms with Gasteiger partial charge in [0, 0.05) is 13.0 Å². The molecule has 1 amide bonds. The lowest BCUT2D eigenvalue weighted by molar-refractivity contribution is -0.133. The van der Waals surface area contributed by atoms with Gasteiger partial charge >= 0.3 is 0 Å². The van der Waals surface area contributed by atoms with E-state index in [9.17, 15) is 4.79 Å². The lowest BCUT2D eigenvalue weighted by atomic mass is 10.1. The Labute approximate surface area is 127 Å². The fourth-order valence-corrected chi connectivity index (χ4v) is 2.14. The molecule has 0 spiro atoms. The van der Waals surface area contributed by atoms with Crippen molar-refractivity contribution in [1.82, 2.24) is 4.90 Å². The summed E-state index contributed by atoms with van der Waals surface area (Å²) < 4.78 is 5.22. The topological polar surface area (TPSA) is 55.6 Å². The van der Waals surface area contributed by atoms with Gasteiger partial charge < -0.3 is 15.4 Å². The predicted octanol–water partition coefficient (Wildman–Crippen LogP) is 2.77. The van der Waals surface area contributed by atoms with Gasteiger partial charge in [0.15, 0.2) is 0 Å². The van der Waals surface area contributed by atoms with Gasteiger partial charge in [0.25, 0.3) is 0 Å². The first kappa shape index (κ1) is 18.7. The van der Waals surface area contributed by atoms with Crippen LogP contribution >= 0.6 is 12.4 Å². The molecule has 0 fully saturated rings.